The number of nitrogens with one attached hydrogen (secondary N) is 2. The molecule has 0 atom stereocenters. The third kappa shape index (κ3) is 2.22. The van der Waals surface area contributed by atoms with E-state index in [2.05, 4.69) is 33.7 Å². The largest absolute Gasteiger partial charge is 0.442 e. The molecule has 2 N–H and O–H groups in total. The number of H-pyrrole nitrogens is 1. The van der Waals surface area contributed by atoms with E-state index < -0.39 is 6.09 Å². The first kappa shape index (κ1) is 12.6. The Morgan fingerprint density at radius 2 is 1.86 bits per heavy atom. The molecule has 5 nitrogen and oxygen atoms in total. The third-order valence-electron chi connectivity index (χ3n) is 3.66. The Labute approximate surface area is 126 Å². The van der Waals surface area contributed by atoms with Crippen molar-refractivity contribution in [3.05, 3.63) is 60.2 Å². The molecule has 0 unspecified atom stereocenters. The van der Waals surface area contributed by atoms with Crippen LogP contribution in [0.5, 0.6) is 0 Å². The van der Waals surface area contributed by atoms with E-state index in [0.29, 0.717) is 5.71 Å². The average molecular weight is 291 g/mol. The highest BCUT2D eigenvalue weighted by Gasteiger charge is 2.14. The Morgan fingerprint density at radius 3 is 2.64 bits per heavy atom. The van der Waals surface area contributed by atoms with Crippen LogP contribution in [0.3, 0.4) is 0 Å². The molecule has 2 aromatic carbocycles. The molecule has 0 saturated carbocycles. The topological polar surface area (TPSA) is 66.5 Å². The van der Waals surface area contributed by atoms with E-state index in [-0.39, 0.29) is 6.61 Å². The third-order valence-corrected chi connectivity index (χ3v) is 3.66. The molecule has 0 spiro atoms. The van der Waals surface area contributed by atoms with Gasteiger partial charge in [-0.3, -0.25) is 0 Å². The quantitative estimate of drug-likeness (QED) is 0.761. The Kier molecular flexibility index (Phi) is 2.89. The van der Waals surface area contributed by atoms with E-state index in [1.54, 1.807) is 0 Å². The number of fused-ring (bicyclic) bond motifs is 1. The molecule has 3 aromatic rings. The number of hydrogen-bond donors (Lipinski definition) is 2. The van der Waals surface area contributed by atoms with Crippen LogP contribution in [0, 0.1) is 0 Å². The van der Waals surface area contributed by atoms with Crippen molar-refractivity contribution in [1.29, 1.82) is 0 Å². The number of hydrogen-bond acceptors (Lipinski definition) is 3. The molecule has 1 aliphatic rings. The van der Waals surface area contributed by atoms with Gasteiger partial charge in [0.1, 0.15) is 12.3 Å². The maximum atomic E-state index is 11.0. The number of carbonyl (C=O) groups is 1. The van der Waals surface area contributed by atoms with Gasteiger partial charge in [-0.05, 0) is 23.8 Å². The molecule has 2 heterocycles. The van der Waals surface area contributed by atoms with Crippen molar-refractivity contribution in [2.75, 3.05) is 6.61 Å². The number of cyclic esters (lactones) is 1. The molecule has 0 aliphatic carbocycles. The van der Waals surface area contributed by atoms with Gasteiger partial charge in [0, 0.05) is 22.2 Å². The van der Waals surface area contributed by atoms with E-state index >= 15 is 0 Å². The first-order valence-electron chi connectivity index (χ1n) is 6.97. The van der Waals surface area contributed by atoms with Gasteiger partial charge in [-0.25, -0.2) is 10.2 Å². The van der Waals surface area contributed by atoms with Crippen molar-refractivity contribution in [3.63, 3.8) is 0 Å². The number of aromatic nitrogens is 1. The van der Waals surface area contributed by atoms with E-state index in [4.69, 9.17) is 4.74 Å². The average Bonchev–Trinajstić information content (AvgIpc) is 2.99. The highest BCUT2D eigenvalue weighted by molar-refractivity contribution is 6.06. The molecule has 1 aromatic heterocycles. The number of nitrogens with zero attached hydrogens (tertiary/aromatic N) is 1. The van der Waals surface area contributed by atoms with Crippen LogP contribution in [0.2, 0.25) is 0 Å². The number of carbonyl (C=O) groups excluding carboxylic acids is 1. The highest BCUT2D eigenvalue weighted by Crippen LogP contribution is 2.25. The van der Waals surface area contributed by atoms with Crippen LogP contribution in [0.25, 0.3) is 22.2 Å². The van der Waals surface area contributed by atoms with Crippen molar-refractivity contribution in [3.8, 4) is 11.3 Å². The van der Waals surface area contributed by atoms with Crippen molar-refractivity contribution in [2.45, 2.75) is 0 Å². The summed E-state index contributed by atoms with van der Waals surface area (Å²) in [5, 5.41) is 5.13. The SMILES string of the molecule is O=C1NN=C(c2ccc3[nH]c(-c4ccccc4)cc3c2)CO1. The van der Waals surface area contributed by atoms with Gasteiger partial charge in [0.2, 0.25) is 0 Å². The van der Waals surface area contributed by atoms with Gasteiger partial charge >= 0.3 is 6.09 Å². The zero-order valence-electron chi connectivity index (χ0n) is 11.7. The fourth-order valence-electron chi connectivity index (χ4n) is 2.54. The molecule has 0 saturated heterocycles. The number of rotatable bonds is 2. The number of aromatic amines is 1. The molecule has 0 bridgehead atoms. The van der Waals surface area contributed by atoms with E-state index in [0.717, 1.165) is 27.7 Å². The fraction of sp³-hybridized carbons (Fsp3) is 0.0588. The number of ether oxygens (including phenoxy) is 1. The second-order valence-electron chi connectivity index (χ2n) is 5.10. The highest BCUT2D eigenvalue weighted by atomic mass is 16.6. The molecule has 5 heteroatoms. The Balaban J connectivity index is 1.74. The van der Waals surface area contributed by atoms with Crippen LogP contribution in [0.15, 0.2) is 59.7 Å². The maximum Gasteiger partial charge on any atom is 0.428 e. The molecule has 1 amide bonds. The van der Waals surface area contributed by atoms with Gasteiger partial charge in [0.15, 0.2) is 0 Å². The summed E-state index contributed by atoms with van der Waals surface area (Å²) in [7, 11) is 0. The second kappa shape index (κ2) is 5.04. The van der Waals surface area contributed by atoms with Gasteiger partial charge in [0.05, 0.1) is 0 Å². The molecule has 1 aliphatic heterocycles. The van der Waals surface area contributed by atoms with Gasteiger partial charge in [-0.15, -0.1) is 0 Å². The normalized spacial score (nSPS) is 14.4. The predicted molar refractivity (Wildman–Crippen MR) is 84.8 cm³/mol. The molecule has 108 valence electrons. The predicted octanol–water partition coefficient (Wildman–Crippen LogP) is 3.28. The molecule has 22 heavy (non-hydrogen) atoms. The zero-order chi connectivity index (χ0) is 14.9. The van der Waals surface area contributed by atoms with Crippen molar-refractivity contribution in [1.82, 2.24) is 10.4 Å². The summed E-state index contributed by atoms with van der Waals surface area (Å²) in [6.07, 6.45) is -0.516. The minimum Gasteiger partial charge on any atom is -0.442 e. The lowest BCUT2D eigenvalue weighted by molar-refractivity contribution is 0.157. The van der Waals surface area contributed by atoms with Crippen LogP contribution < -0.4 is 5.43 Å². The standard InChI is InChI=1S/C17H13N3O2/c21-17-20-19-16(10-22-17)12-6-7-14-13(8-12)9-15(18-14)11-4-2-1-3-5-11/h1-9,18H,10H2,(H,20,21). The van der Waals surface area contributed by atoms with Crippen LogP contribution in [-0.4, -0.2) is 23.4 Å². The maximum absolute atomic E-state index is 11.0. The fourth-order valence-corrected chi connectivity index (χ4v) is 2.54. The summed E-state index contributed by atoms with van der Waals surface area (Å²) in [5.74, 6) is 0. The van der Waals surface area contributed by atoms with Gasteiger partial charge in [0.25, 0.3) is 0 Å². The molecular weight excluding hydrogens is 278 g/mol. The van der Waals surface area contributed by atoms with Crippen LogP contribution in [0.4, 0.5) is 4.79 Å². The van der Waals surface area contributed by atoms with Gasteiger partial charge in [-0.2, -0.15) is 5.10 Å². The first-order valence-corrected chi connectivity index (χ1v) is 6.97. The van der Waals surface area contributed by atoms with Crippen LogP contribution >= 0.6 is 0 Å². The van der Waals surface area contributed by atoms with E-state index in [9.17, 15) is 4.79 Å². The van der Waals surface area contributed by atoms with E-state index in [1.165, 1.54) is 0 Å². The minimum absolute atomic E-state index is 0.188. The Bertz CT molecular complexity index is 881. The van der Waals surface area contributed by atoms with Gasteiger partial charge < -0.3 is 9.72 Å². The summed E-state index contributed by atoms with van der Waals surface area (Å²) < 4.78 is 4.94. The molecule has 4 rings (SSSR count). The van der Waals surface area contributed by atoms with Crippen molar-refractivity contribution >= 4 is 22.7 Å². The Morgan fingerprint density at radius 1 is 1.00 bits per heavy atom. The number of benzene rings is 2. The summed E-state index contributed by atoms with van der Waals surface area (Å²) in [6.45, 7) is 0.188. The van der Waals surface area contributed by atoms with Crippen LogP contribution in [0.1, 0.15) is 5.56 Å². The monoisotopic (exact) mass is 291 g/mol. The van der Waals surface area contributed by atoms with Crippen molar-refractivity contribution < 1.29 is 9.53 Å². The summed E-state index contributed by atoms with van der Waals surface area (Å²) in [4.78, 5) is 14.4. The molecule has 0 radical (unpaired) electrons. The van der Waals surface area contributed by atoms with Crippen molar-refractivity contribution in [2.24, 2.45) is 5.10 Å². The first-order chi connectivity index (χ1) is 10.8. The lowest BCUT2D eigenvalue weighted by atomic mass is 10.1. The second-order valence-corrected chi connectivity index (χ2v) is 5.10. The van der Waals surface area contributed by atoms with E-state index in [1.807, 2.05) is 36.4 Å². The minimum atomic E-state index is -0.516. The molecule has 0 fully saturated rings. The van der Waals surface area contributed by atoms with Gasteiger partial charge in [-0.1, -0.05) is 36.4 Å². The summed E-state index contributed by atoms with van der Waals surface area (Å²) in [6, 6.07) is 18.3. The number of amides is 1. The smallest absolute Gasteiger partial charge is 0.428 e. The lowest BCUT2D eigenvalue weighted by Crippen LogP contribution is -2.30. The van der Waals surface area contributed by atoms with Crippen LogP contribution in [-0.2, 0) is 4.74 Å². The summed E-state index contributed by atoms with van der Waals surface area (Å²) >= 11 is 0. The molecular formula is C17H13N3O2. The Hall–Kier alpha value is -3.08. The summed E-state index contributed by atoms with van der Waals surface area (Å²) in [5.41, 5.74) is 7.25. The number of hydrazone groups is 1. The zero-order valence-corrected chi connectivity index (χ0v) is 11.7. The lowest BCUT2D eigenvalue weighted by Gasteiger charge is -2.12.